The largest absolute Gasteiger partial charge is 0.354 e. The number of pyridine rings is 1. The van der Waals surface area contributed by atoms with Crippen molar-refractivity contribution in [1.29, 1.82) is 0 Å². The van der Waals surface area contributed by atoms with Gasteiger partial charge in [0.25, 0.3) is 5.91 Å². The van der Waals surface area contributed by atoms with E-state index in [2.05, 4.69) is 4.98 Å². The van der Waals surface area contributed by atoms with Gasteiger partial charge >= 0.3 is 0 Å². The molecule has 4 nitrogen and oxygen atoms in total. The topological polar surface area (TPSA) is 53.2 Å². The summed E-state index contributed by atoms with van der Waals surface area (Å²) in [7, 11) is 0. The molecule has 0 unspecified atom stereocenters. The van der Waals surface area contributed by atoms with Crippen LogP contribution in [0.2, 0.25) is 0 Å². The lowest BCUT2D eigenvalue weighted by Crippen LogP contribution is -2.46. The van der Waals surface area contributed by atoms with Crippen LogP contribution in [0.1, 0.15) is 41.9 Å². The minimum Gasteiger partial charge on any atom is -0.354 e. The molecule has 1 N–H and O–H groups in total. The highest BCUT2D eigenvalue weighted by atomic mass is 16.2. The van der Waals surface area contributed by atoms with Crippen molar-refractivity contribution in [1.82, 2.24) is 9.88 Å². The number of H-pyrrole nitrogens is 1. The number of nitrogens with one attached hydrogen (secondary N) is 1. The lowest BCUT2D eigenvalue weighted by Gasteiger charge is -2.41. The van der Waals surface area contributed by atoms with E-state index in [1.807, 2.05) is 11.8 Å². The van der Waals surface area contributed by atoms with E-state index in [-0.39, 0.29) is 11.3 Å². The first-order chi connectivity index (χ1) is 9.11. The molecule has 1 aliphatic carbocycles. The zero-order valence-corrected chi connectivity index (χ0v) is 11.3. The highest BCUT2D eigenvalue weighted by molar-refractivity contribution is 5.92. The van der Waals surface area contributed by atoms with Gasteiger partial charge in [0, 0.05) is 30.9 Å². The lowest BCUT2D eigenvalue weighted by atomic mass is 9.78. The first kappa shape index (κ1) is 12.5. The Morgan fingerprint density at radius 1 is 1.26 bits per heavy atom. The van der Waals surface area contributed by atoms with E-state index < -0.39 is 0 Å². The molecular formula is C15H20N2O2. The fourth-order valence-corrected chi connectivity index (χ4v) is 3.57. The molecule has 1 amide bonds. The number of aromatic amines is 1. The number of rotatable bonds is 1. The molecule has 2 atom stereocenters. The molecule has 1 aromatic rings. The predicted molar refractivity (Wildman–Crippen MR) is 73.2 cm³/mol. The third-order valence-electron chi connectivity index (χ3n) is 4.34. The van der Waals surface area contributed by atoms with Crippen LogP contribution in [0.3, 0.4) is 0 Å². The van der Waals surface area contributed by atoms with Crippen molar-refractivity contribution in [3.8, 4) is 0 Å². The van der Waals surface area contributed by atoms with Crippen molar-refractivity contribution in [2.75, 3.05) is 13.1 Å². The van der Waals surface area contributed by atoms with Crippen LogP contribution < -0.4 is 5.43 Å². The van der Waals surface area contributed by atoms with Gasteiger partial charge in [0.2, 0.25) is 0 Å². The number of fused-ring (bicyclic) bond motifs is 2. The maximum atomic E-state index is 12.5. The van der Waals surface area contributed by atoms with Crippen LogP contribution in [0.5, 0.6) is 0 Å². The lowest BCUT2D eigenvalue weighted by molar-refractivity contribution is 0.0498. The van der Waals surface area contributed by atoms with Gasteiger partial charge in [0.05, 0.1) is 0 Å². The van der Waals surface area contributed by atoms with E-state index in [4.69, 9.17) is 0 Å². The van der Waals surface area contributed by atoms with Crippen LogP contribution in [-0.4, -0.2) is 28.9 Å². The summed E-state index contributed by atoms with van der Waals surface area (Å²) >= 11 is 0. The summed E-state index contributed by atoms with van der Waals surface area (Å²) < 4.78 is 0. The third-order valence-corrected chi connectivity index (χ3v) is 4.34. The Morgan fingerprint density at radius 2 is 1.95 bits per heavy atom. The minimum absolute atomic E-state index is 0.0163. The number of carbonyl (C=O) groups excluding carboxylic acids is 1. The number of hydrogen-bond acceptors (Lipinski definition) is 2. The molecule has 2 fully saturated rings. The minimum atomic E-state index is -0.100. The molecule has 2 aliphatic rings. The molecule has 1 aromatic heterocycles. The number of aryl methyl sites for hydroxylation is 1. The average molecular weight is 260 g/mol. The van der Waals surface area contributed by atoms with E-state index in [0.29, 0.717) is 17.5 Å². The summed E-state index contributed by atoms with van der Waals surface area (Å²) in [6.07, 6.45) is 5.06. The van der Waals surface area contributed by atoms with Gasteiger partial charge in [-0.15, -0.1) is 0 Å². The van der Waals surface area contributed by atoms with Crippen LogP contribution in [-0.2, 0) is 0 Å². The Labute approximate surface area is 112 Å². The van der Waals surface area contributed by atoms with Gasteiger partial charge in [-0.05, 0) is 38.0 Å². The van der Waals surface area contributed by atoms with Crippen LogP contribution in [0.25, 0.3) is 0 Å². The van der Waals surface area contributed by atoms with E-state index >= 15 is 0 Å². The number of nitrogens with zero attached hydrogens (tertiary/aromatic N) is 1. The predicted octanol–water partition coefficient (Wildman–Crippen LogP) is 1.95. The van der Waals surface area contributed by atoms with E-state index in [1.165, 1.54) is 37.8 Å². The number of carbonyl (C=O) groups is 1. The van der Waals surface area contributed by atoms with Gasteiger partial charge in [0.1, 0.15) is 5.69 Å². The van der Waals surface area contributed by atoms with Gasteiger partial charge in [-0.3, -0.25) is 9.59 Å². The number of amides is 1. The second kappa shape index (κ2) is 4.83. The third kappa shape index (κ3) is 2.57. The molecule has 1 aliphatic heterocycles. The molecule has 4 heteroatoms. The summed E-state index contributed by atoms with van der Waals surface area (Å²) in [5.74, 6) is 1.30. The zero-order valence-electron chi connectivity index (χ0n) is 11.3. The van der Waals surface area contributed by atoms with Gasteiger partial charge in [-0.2, -0.15) is 0 Å². The highest BCUT2D eigenvalue weighted by Gasteiger charge is 2.33. The summed E-state index contributed by atoms with van der Waals surface area (Å²) in [6.45, 7) is 3.51. The second-order valence-electron chi connectivity index (χ2n) is 6.02. The summed E-state index contributed by atoms with van der Waals surface area (Å²) in [5, 5.41) is 0. The van der Waals surface area contributed by atoms with Crippen molar-refractivity contribution in [2.45, 2.75) is 32.6 Å². The molecular weight excluding hydrogens is 240 g/mol. The molecule has 1 saturated heterocycles. The standard InChI is InChI=1S/C15H20N2O2/c1-10-5-13(18)7-14(16-10)15(19)17-8-11-3-2-4-12(6-11)9-17/h5,7,11-12H,2-4,6,8-9H2,1H3,(H,16,18)/t11-,12-/m0/s1. The van der Waals surface area contributed by atoms with Crippen LogP contribution in [0.4, 0.5) is 0 Å². The SMILES string of the molecule is Cc1cc(=O)cc(C(=O)N2C[C@H]3CCC[C@@H](C3)C2)[nH]1. The van der Waals surface area contributed by atoms with Crippen molar-refractivity contribution in [3.05, 3.63) is 33.7 Å². The van der Waals surface area contributed by atoms with Gasteiger partial charge in [-0.1, -0.05) is 6.42 Å². The van der Waals surface area contributed by atoms with Crippen LogP contribution in [0.15, 0.2) is 16.9 Å². The van der Waals surface area contributed by atoms with Crippen LogP contribution in [0, 0.1) is 18.8 Å². The van der Waals surface area contributed by atoms with Gasteiger partial charge in [0.15, 0.2) is 5.43 Å². The van der Waals surface area contributed by atoms with Gasteiger partial charge < -0.3 is 9.88 Å². The van der Waals surface area contributed by atoms with E-state index in [1.54, 1.807) is 0 Å². The number of hydrogen-bond donors (Lipinski definition) is 1. The van der Waals surface area contributed by atoms with Crippen molar-refractivity contribution < 1.29 is 4.79 Å². The zero-order chi connectivity index (χ0) is 13.4. The average Bonchev–Trinajstić information content (AvgIpc) is 2.36. The summed E-state index contributed by atoms with van der Waals surface area (Å²) in [6, 6.07) is 2.93. The smallest absolute Gasteiger partial charge is 0.270 e. The van der Waals surface area contributed by atoms with E-state index in [9.17, 15) is 9.59 Å². The van der Waals surface area contributed by atoms with Crippen molar-refractivity contribution in [3.63, 3.8) is 0 Å². The second-order valence-corrected chi connectivity index (χ2v) is 6.02. The number of likely N-dealkylation sites (tertiary alicyclic amines) is 1. The first-order valence-electron chi connectivity index (χ1n) is 7.12. The fraction of sp³-hybridized carbons (Fsp3) is 0.600. The molecule has 3 rings (SSSR count). The molecule has 19 heavy (non-hydrogen) atoms. The number of piperidine rings is 1. The van der Waals surface area contributed by atoms with Crippen molar-refractivity contribution >= 4 is 5.91 Å². The monoisotopic (exact) mass is 260 g/mol. The maximum absolute atomic E-state index is 12.5. The Balaban J connectivity index is 1.81. The summed E-state index contributed by atoms with van der Waals surface area (Å²) in [5.41, 5.74) is 1.08. The Morgan fingerprint density at radius 3 is 2.58 bits per heavy atom. The molecule has 2 heterocycles. The maximum Gasteiger partial charge on any atom is 0.270 e. The number of aromatic nitrogens is 1. The van der Waals surface area contributed by atoms with Gasteiger partial charge in [-0.25, -0.2) is 0 Å². The Kier molecular flexibility index (Phi) is 3.17. The van der Waals surface area contributed by atoms with Crippen LogP contribution >= 0.6 is 0 Å². The first-order valence-corrected chi connectivity index (χ1v) is 7.12. The molecule has 0 aromatic carbocycles. The Bertz CT molecular complexity index is 537. The Hall–Kier alpha value is -1.58. The molecule has 0 radical (unpaired) electrons. The molecule has 0 spiro atoms. The quantitative estimate of drug-likeness (QED) is 0.839. The summed E-state index contributed by atoms with van der Waals surface area (Å²) in [4.78, 5) is 28.9. The van der Waals surface area contributed by atoms with E-state index in [0.717, 1.165) is 18.8 Å². The fourth-order valence-electron chi connectivity index (χ4n) is 3.57. The normalized spacial score (nSPS) is 26.3. The molecule has 2 bridgehead atoms. The highest BCUT2D eigenvalue weighted by Crippen LogP contribution is 2.34. The molecule has 1 saturated carbocycles. The molecule has 102 valence electrons. The van der Waals surface area contributed by atoms with Crippen molar-refractivity contribution in [2.24, 2.45) is 11.8 Å².